The first kappa shape index (κ1) is 13.1. The fourth-order valence-corrected chi connectivity index (χ4v) is 5.85. The summed E-state index contributed by atoms with van der Waals surface area (Å²) in [6.07, 6.45) is 7.24. The van der Waals surface area contributed by atoms with Crippen molar-refractivity contribution in [2.24, 2.45) is 23.7 Å². The Morgan fingerprint density at radius 1 is 1.10 bits per heavy atom. The molecule has 4 nitrogen and oxygen atoms in total. The highest BCUT2D eigenvalue weighted by Gasteiger charge is 2.52. The number of likely N-dealkylation sites (tertiary alicyclic amines) is 1. The van der Waals surface area contributed by atoms with Crippen LogP contribution in [0, 0.1) is 23.7 Å². The summed E-state index contributed by atoms with van der Waals surface area (Å²) in [7, 11) is 1.97. The van der Waals surface area contributed by atoms with Crippen molar-refractivity contribution >= 4 is 5.91 Å². The molecule has 2 unspecified atom stereocenters. The summed E-state index contributed by atoms with van der Waals surface area (Å²) in [4.78, 5) is 14.6. The maximum Gasteiger partial charge on any atom is 0.227 e. The molecule has 0 aromatic rings. The number of aliphatic hydroxyl groups is 1. The van der Waals surface area contributed by atoms with Crippen LogP contribution in [0.25, 0.3) is 0 Å². The molecule has 5 aliphatic rings. The van der Waals surface area contributed by atoms with Gasteiger partial charge in [-0.25, -0.2) is 0 Å². The van der Waals surface area contributed by atoms with Crippen molar-refractivity contribution in [2.75, 3.05) is 20.1 Å². The molecule has 4 aliphatic carbocycles. The van der Waals surface area contributed by atoms with E-state index < -0.39 is 6.10 Å². The van der Waals surface area contributed by atoms with Crippen LogP contribution >= 0.6 is 0 Å². The summed E-state index contributed by atoms with van der Waals surface area (Å²) in [5.41, 5.74) is 0.0761. The summed E-state index contributed by atoms with van der Waals surface area (Å²) >= 11 is 0. The van der Waals surface area contributed by atoms with Gasteiger partial charge in [-0.1, -0.05) is 0 Å². The fraction of sp³-hybridized carbons (Fsp3) is 0.938. The van der Waals surface area contributed by atoms with Crippen molar-refractivity contribution in [1.82, 2.24) is 10.2 Å². The van der Waals surface area contributed by atoms with Gasteiger partial charge in [-0.3, -0.25) is 4.79 Å². The number of nitrogens with zero attached hydrogens (tertiary/aromatic N) is 1. The molecular weight excluding hydrogens is 252 g/mol. The number of aliphatic hydroxyl groups excluding tert-OH is 1. The van der Waals surface area contributed by atoms with Gasteiger partial charge in [0.05, 0.1) is 12.0 Å². The monoisotopic (exact) mass is 278 g/mol. The second-order valence-corrected chi connectivity index (χ2v) is 8.08. The van der Waals surface area contributed by atoms with E-state index in [0.717, 1.165) is 17.8 Å². The molecule has 0 aromatic heterocycles. The van der Waals surface area contributed by atoms with Crippen LogP contribution in [0.5, 0.6) is 0 Å². The van der Waals surface area contributed by atoms with Crippen molar-refractivity contribution in [3.05, 3.63) is 0 Å². The molecule has 2 N–H and O–H groups in total. The second kappa shape index (κ2) is 4.44. The van der Waals surface area contributed by atoms with E-state index in [2.05, 4.69) is 10.2 Å². The number of nitrogens with one attached hydrogen (secondary N) is 1. The molecule has 2 atom stereocenters. The lowest BCUT2D eigenvalue weighted by Crippen LogP contribution is -2.61. The largest absolute Gasteiger partial charge is 0.391 e. The third kappa shape index (κ3) is 2.08. The SMILES string of the molecule is CN1CC(O)C(C(=O)NC23CC4CC(CC(C4)C2)C3)C1. The highest BCUT2D eigenvalue weighted by Crippen LogP contribution is 2.55. The molecule has 0 radical (unpaired) electrons. The van der Waals surface area contributed by atoms with Crippen LogP contribution in [0.3, 0.4) is 0 Å². The zero-order chi connectivity index (χ0) is 13.9. The van der Waals surface area contributed by atoms with Crippen molar-refractivity contribution in [3.63, 3.8) is 0 Å². The van der Waals surface area contributed by atoms with Crippen molar-refractivity contribution in [1.29, 1.82) is 0 Å². The van der Waals surface area contributed by atoms with E-state index in [0.29, 0.717) is 13.1 Å². The van der Waals surface area contributed by atoms with Gasteiger partial charge >= 0.3 is 0 Å². The van der Waals surface area contributed by atoms with E-state index in [-0.39, 0.29) is 17.4 Å². The number of carbonyl (C=O) groups is 1. The molecule has 1 amide bonds. The van der Waals surface area contributed by atoms with Crippen LogP contribution < -0.4 is 5.32 Å². The van der Waals surface area contributed by atoms with E-state index in [4.69, 9.17) is 0 Å². The van der Waals surface area contributed by atoms with Crippen LogP contribution in [0.4, 0.5) is 0 Å². The van der Waals surface area contributed by atoms with E-state index in [1.54, 1.807) is 0 Å². The molecule has 20 heavy (non-hydrogen) atoms. The Kier molecular flexibility index (Phi) is 2.90. The average Bonchev–Trinajstić information content (AvgIpc) is 2.66. The van der Waals surface area contributed by atoms with Crippen LogP contribution in [-0.4, -0.2) is 47.7 Å². The minimum atomic E-state index is -0.492. The highest BCUT2D eigenvalue weighted by atomic mass is 16.3. The molecule has 112 valence electrons. The van der Waals surface area contributed by atoms with Crippen LogP contribution in [0.2, 0.25) is 0 Å². The van der Waals surface area contributed by atoms with Gasteiger partial charge in [0.2, 0.25) is 5.91 Å². The van der Waals surface area contributed by atoms with E-state index >= 15 is 0 Å². The molecule has 5 fully saturated rings. The lowest BCUT2D eigenvalue weighted by Gasteiger charge is -2.57. The Hall–Kier alpha value is -0.610. The van der Waals surface area contributed by atoms with Gasteiger partial charge in [0.25, 0.3) is 0 Å². The number of hydrogen-bond acceptors (Lipinski definition) is 3. The van der Waals surface area contributed by atoms with Gasteiger partial charge in [0, 0.05) is 18.6 Å². The second-order valence-electron chi connectivity index (χ2n) is 8.08. The van der Waals surface area contributed by atoms with Gasteiger partial charge in [0.15, 0.2) is 0 Å². The third-order valence-electron chi connectivity index (χ3n) is 6.23. The minimum Gasteiger partial charge on any atom is -0.391 e. The Morgan fingerprint density at radius 3 is 2.10 bits per heavy atom. The summed E-state index contributed by atoms with van der Waals surface area (Å²) in [6, 6.07) is 0. The Morgan fingerprint density at radius 2 is 1.65 bits per heavy atom. The van der Waals surface area contributed by atoms with Gasteiger partial charge in [-0.05, 0) is 63.3 Å². The predicted octanol–water partition coefficient (Wildman–Crippen LogP) is 0.994. The third-order valence-corrected chi connectivity index (χ3v) is 6.23. The molecule has 1 saturated heterocycles. The average molecular weight is 278 g/mol. The zero-order valence-electron chi connectivity index (χ0n) is 12.3. The number of rotatable bonds is 2. The van der Waals surface area contributed by atoms with Gasteiger partial charge in [-0.15, -0.1) is 0 Å². The Bertz CT molecular complexity index is 387. The quantitative estimate of drug-likeness (QED) is 0.792. The van der Waals surface area contributed by atoms with Crippen LogP contribution in [-0.2, 0) is 4.79 Å². The number of β-amino-alcohol motifs (C(OH)–C–C–N with tert-alkyl or cyclic N) is 1. The van der Waals surface area contributed by atoms with Crippen LogP contribution in [0.1, 0.15) is 38.5 Å². The zero-order valence-corrected chi connectivity index (χ0v) is 12.3. The van der Waals surface area contributed by atoms with Crippen molar-refractivity contribution in [2.45, 2.75) is 50.2 Å². The van der Waals surface area contributed by atoms with E-state index in [1.807, 2.05) is 7.05 Å². The molecule has 0 spiro atoms. The van der Waals surface area contributed by atoms with Crippen LogP contribution in [0.15, 0.2) is 0 Å². The maximum atomic E-state index is 12.6. The standard InChI is InChI=1S/C16H26N2O2/c1-18-8-13(14(19)9-18)15(20)17-16-5-10-2-11(6-16)4-12(3-10)7-16/h10-14,19H,2-9H2,1H3,(H,17,20). The van der Waals surface area contributed by atoms with Gasteiger partial charge < -0.3 is 15.3 Å². The molecular formula is C16H26N2O2. The topological polar surface area (TPSA) is 52.6 Å². The first-order chi connectivity index (χ1) is 9.53. The first-order valence-corrected chi connectivity index (χ1v) is 8.22. The number of likely N-dealkylation sites (N-methyl/N-ethyl adjacent to an activating group) is 1. The maximum absolute atomic E-state index is 12.6. The minimum absolute atomic E-state index is 0.0761. The van der Waals surface area contributed by atoms with E-state index in [9.17, 15) is 9.90 Å². The summed E-state index contributed by atoms with van der Waals surface area (Å²) in [6.45, 7) is 1.32. The molecule has 1 heterocycles. The first-order valence-electron chi connectivity index (χ1n) is 8.22. The van der Waals surface area contributed by atoms with Crippen molar-refractivity contribution in [3.8, 4) is 0 Å². The van der Waals surface area contributed by atoms with Gasteiger partial charge in [-0.2, -0.15) is 0 Å². The lowest BCUT2D eigenvalue weighted by molar-refractivity contribution is -0.132. The molecule has 4 saturated carbocycles. The summed E-state index contributed by atoms with van der Waals surface area (Å²) < 4.78 is 0. The van der Waals surface area contributed by atoms with Crippen molar-refractivity contribution < 1.29 is 9.90 Å². The molecule has 1 aliphatic heterocycles. The Labute approximate surface area is 120 Å². The van der Waals surface area contributed by atoms with E-state index in [1.165, 1.54) is 38.5 Å². The van der Waals surface area contributed by atoms with Gasteiger partial charge in [0.1, 0.15) is 0 Å². The number of amides is 1. The molecule has 5 rings (SSSR count). The molecule has 0 aromatic carbocycles. The fourth-order valence-electron chi connectivity index (χ4n) is 5.85. The smallest absolute Gasteiger partial charge is 0.227 e. The lowest BCUT2D eigenvalue weighted by atomic mass is 9.53. The number of carbonyl (C=O) groups excluding carboxylic acids is 1. The number of hydrogen-bond donors (Lipinski definition) is 2. The highest BCUT2D eigenvalue weighted by molar-refractivity contribution is 5.80. The molecule has 4 bridgehead atoms. The molecule has 4 heteroatoms. The normalized spacial score (nSPS) is 50.6. The predicted molar refractivity (Wildman–Crippen MR) is 76.0 cm³/mol. The summed E-state index contributed by atoms with van der Waals surface area (Å²) in [5.74, 6) is 2.41. The summed E-state index contributed by atoms with van der Waals surface area (Å²) in [5, 5.41) is 13.4. The Balaban J connectivity index is 1.47.